The van der Waals surface area contributed by atoms with Gasteiger partial charge < -0.3 is 29.1 Å². The first kappa shape index (κ1) is 22.3. The van der Waals surface area contributed by atoms with Crippen molar-refractivity contribution in [1.29, 1.82) is 0 Å². The number of hydrogen-bond acceptors (Lipinski definition) is 8. The topological polar surface area (TPSA) is 111 Å². The Kier molecular flexibility index (Phi) is 6.31. The van der Waals surface area contributed by atoms with Crippen LogP contribution in [0, 0.1) is 10.1 Å². The van der Waals surface area contributed by atoms with E-state index in [0.717, 1.165) is 0 Å². The van der Waals surface area contributed by atoms with Gasteiger partial charge in [-0.25, -0.2) is 4.98 Å². The number of imidazole rings is 1. The van der Waals surface area contributed by atoms with E-state index < -0.39 is 11.3 Å². The molecule has 3 aromatic rings. The molecule has 1 aliphatic rings. The van der Waals surface area contributed by atoms with Crippen molar-refractivity contribution < 1.29 is 37.0 Å². The second-order valence-corrected chi connectivity index (χ2v) is 6.90. The lowest BCUT2D eigenvalue weighted by Gasteiger charge is -2.22. The van der Waals surface area contributed by atoms with E-state index in [9.17, 15) is 23.3 Å². The summed E-state index contributed by atoms with van der Waals surface area (Å²) in [6, 6.07) is 9.00. The second-order valence-electron chi connectivity index (χ2n) is 6.90. The molecule has 0 saturated carbocycles. The Bertz CT molecular complexity index is 1100. The molecule has 2 aromatic heterocycles. The van der Waals surface area contributed by atoms with Gasteiger partial charge in [0.15, 0.2) is 0 Å². The lowest BCUT2D eigenvalue weighted by molar-refractivity contribution is -0.389. The fourth-order valence-corrected chi connectivity index (χ4v) is 3.11. The molecule has 1 atom stereocenters. The number of nitro groups is 1. The molecule has 0 N–H and O–H groups in total. The van der Waals surface area contributed by atoms with Gasteiger partial charge in [0.05, 0.1) is 13.2 Å². The highest BCUT2D eigenvalue weighted by Crippen LogP contribution is 2.27. The molecule has 1 aliphatic heterocycles. The van der Waals surface area contributed by atoms with Gasteiger partial charge in [0.25, 0.3) is 0 Å². The summed E-state index contributed by atoms with van der Waals surface area (Å²) in [6.07, 6.45) is -2.21. The van der Waals surface area contributed by atoms with Crippen molar-refractivity contribution in [3.8, 4) is 28.8 Å². The maximum atomic E-state index is 12.2. The summed E-state index contributed by atoms with van der Waals surface area (Å²) < 4.78 is 58.7. The Labute approximate surface area is 184 Å². The van der Waals surface area contributed by atoms with Gasteiger partial charge in [-0.05, 0) is 28.7 Å². The van der Waals surface area contributed by atoms with Crippen molar-refractivity contribution >= 4 is 5.82 Å². The number of nitrogens with zero attached hydrogens (tertiary/aromatic N) is 4. The first-order valence-corrected chi connectivity index (χ1v) is 9.68. The average Bonchev–Trinajstić information content (AvgIpc) is 3.21. The Morgan fingerprint density at radius 1 is 1.15 bits per heavy atom. The van der Waals surface area contributed by atoms with Crippen LogP contribution in [0.1, 0.15) is 0 Å². The summed E-state index contributed by atoms with van der Waals surface area (Å²) in [5, 5.41) is 10.8. The van der Waals surface area contributed by atoms with Gasteiger partial charge in [-0.3, -0.25) is 4.57 Å². The van der Waals surface area contributed by atoms with Crippen molar-refractivity contribution in [3.05, 3.63) is 58.9 Å². The van der Waals surface area contributed by atoms with Crippen LogP contribution in [-0.2, 0) is 11.3 Å². The third-order valence-corrected chi connectivity index (χ3v) is 4.56. The van der Waals surface area contributed by atoms with Crippen molar-refractivity contribution in [2.45, 2.75) is 19.0 Å². The van der Waals surface area contributed by atoms with E-state index in [1.165, 1.54) is 41.2 Å². The number of halogens is 3. The maximum absolute atomic E-state index is 12.2. The molecule has 0 radical (unpaired) electrons. The predicted octanol–water partition coefficient (Wildman–Crippen LogP) is 3.61. The molecule has 33 heavy (non-hydrogen) atoms. The Morgan fingerprint density at radius 2 is 1.91 bits per heavy atom. The molecular formula is C20H17F3N4O6. The summed E-state index contributed by atoms with van der Waals surface area (Å²) in [4.78, 5) is 18.1. The Morgan fingerprint density at radius 3 is 2.58 bits per heavy atom. The zero-order valence-corrected chi connectivity index (χ0v) is 16.9. The Balaban J connectivity index is 1.22. The number of ether oxygens (including phenoxy) is 4. The number of aromatic nitrogens is 3. The first-order valence-electron chi connectivity index (χ1n) is 9.68. The summed E-state index contributed by atoms with van der Waals surface area (Å²) >= 11 is 0. The number of pyridine rings is 1. The summed E-state index contributed by atoms with van der Waals surface area (Å²) in [5.41, 5.74) is 1.37. The number of fused-ring (bicyclic) bond motifs is 1. The maximum Gasteiger partial charge on any atom is 0.573 e. The molecule has 0 amide bonds. The van der Waals surface area contributed by atoms with Crippen LogP contribution < -0.4 is 14.2 Å². The molecule has 10 nitrogen and oxygen atoms in total. The van der Waals surface area contributed by atoms with Gasteiger partial charge in [0, 0.05) is 22.8 Å². The third-order valence-electron chi connectivity index (χ3n) is 4.56. The normalized spacial score (nSPS) is 15.4. The molecule has 0 saturated heterocycles. The van der Waals surface area contributed by atoms with Gasteiger partial charge in [-0.2, -0.15) is 0 Å². The van der Waals surface area contributed by atoms with Crippen molar-refractivity contribution in [2.24, 2.45) is 0 Å². The minimum absolute atomic E-state index is 0.185. The van der Waals surface area contributed by atoms with Crippen LogP contribution in [0.25, 0.3) is 11.1 Å². The van der Waals surface area contributed by atoms with Gasteiger partial charge in [0.2, 0.25) is 5.88 Å². The average molecular weight is 466 g/mol. The van der Waals surface area contributed by atoms with E-state index in [2.05, 4.69) is 14.7 Å². The molecule has 174 valence electrons. The Hall–Kier alpha value is -3.87. The molecule has 0 spiro atoms. The molecular weight excluding hydrogens is 449 g/mol. The zero-order valence-electron chi connectivity index (χ0n) is 16.9. The fraction of sp³-hybridized carbons (Fsp3) is 0.300. The molecule has 3 heterocycles. The molecule has 0 bridgehead atoms. The molecule has 4 rings (SSSR count). The first-order chi connectivity index (χ1) is 15.8. The third kappa shape index (κ3) is 5.88. The lowest BCUT2D eigenvalue weighted by atomic mass is 10.1. The highest BCUT2D eigenvalue weighted by molar-refractivity contribution is 5.63. The number of benzene rings is 1. The number of rotatable bonds is 8. The van der Waals surface area contributed by atoms with E-state index in [0.29, 0.717) is 23.6 Å². The van der Waals surface area contributed by atoms with Crippen LogP contribution in [0.15, 0.2) is 48.8 Å². The van der Waals surface area contributed by atoms with E-state index >= 15 is 0 Å². The summed E-state index contributed by atoms with van der Waals surface area (Å²) in [7, 11) is 0. The van der Waals surface area contributed by atoms with Gasteiger partial charge >= 0.3 is 18.2 Å². The molecule has 13 heteroatoms. The van der Waals surface area contributed by atoms with Crippen molar-refractivity contribution in [1.82, 2.24) is 14.5 Å². The van der Waals surface area contributed by atoms with Gasteiger partial charge in [-0.1, -0.05) is 12.1 Å². The fourth-order valence-electron chi connectivity index (χ4n) is 3.11. The minimum atomic E-state index is -4.74. The van der Waals surface area contributed by atoms with E-state index in [-0.39, 0.29) is 43.5 Å². The quantitative estimate of drug-likeness (QED) is 0.281. The molecule has 0 unspecified atom stereocenters. The summed E-state index contributed by atoms with van der Waals surface area (Å²) in [6.45, 7) is 1.04. The van der Waals surface area contributed by atoms with Gasteiger partial charge in [-0.15, -0.1) is 13.2 Å². The van der Waals surface area contributed by atoms with Gasteiger partial charge in [0.1, 0.15) is 31.3 Å². The highest BCUT2D eigenvalue weighted by atomic mass is 19.4. The number of alkyl halides is 3. The highest BCUT2D eigenvalue weighted by Gasteiger charge is 2.31. The van der Waals surface area contributed by atoms with Crippen LogP contribution >= 0.6 is 0 Å². The second kappa shape index (κ2) is 9.32. The standard InChI is InChI=1S/C20H17F3N4O6/c21-20(22,23)33-15-4-1-13(2-5-15)14-3-6-18(24-9-14)31-8-7-30-16-10-26-11-17(27(28)29)25-19(26)32-12-16/h1-6,9,11,16H,7-8,10,12H2/t16-/m0/s1. The lowest BCUT2D eigenvalue weighted by Crippen LogP contribution is -2.33. The van der Waals surface area contributed by atoms with E-state index in [1.807, 2.05) is 0 Å². The van der Waals surface area contributed by atoms with E-state index in [4.69, 9.17) is 14.2 Å². The SMILES string of the molecule is O=[N+]([O-])c1cn2c(n1)OC[C@@H](OCCOc1ccc(-c3ccc(OC(F)(F)F)cc3)cn1)C2. The van der Waals surface area contributed by atoms with Crippen LogP contribution in [0.3, 0.4) is 0 Å². The smallest absolute Gasteiger partial charge is 0.475 e. The van der Waals surface area contributed by atoms with Crippen LogP contribution in [0.2, 0.25) is 0 Å². The predicted molar refractivity (Wildman–Crippen MR) is 106 cm³/mol. The monoisotopic (exact) mass is 466 g/mol. The summed E-state index contributed by atoms with van der Waals surface area (Å²) in [5.74, 6) is -0.231. The zero-order chi connectivity index (χ0) is 23.4. The van der Waals surface area contributed by atoms with Crippen molar-refractivity contribution in [3.63, 3.8) is 0 Å². The molecule has 0 aliphatic carbocycles. The van der Waals surface area contributed by atoms with Crippen molar-refractivity contribution in [2.75, 3.05) is 19.8 Å². The minimum Gasteiger partial charge on any atom is -0.475 e. The van der Waals surface area contributed by atoms with Crippen LogP contribution in [0.4, 0.5) is 19.0 Å². The van der Waals surface area contributed by atoms with Crippen LogP contribution in [-0.4, -0.2) is 51.7 Å². The molecule has 0 fully saturated rings. The largest absolute Gasteiger partial charge is 0.573 e. The molecule has 1 aromatic carbocycles. The van der Waals surface area contributed by atoms with Crippen LogP contribution in [0.5, 0.6) is 17.6 Å². The number of hydrogen-bond donors (Lipinski definition) is 0. The van der Waals surface area contributed by atoms with E-state index in [1.54, 1.807) is 12.1 Å².